The first kappa shape index (κ1) is 12.0. The Balaban J connectivity index is 2.48. The molecule has 0 N–H and O–H groups in total. The van der Waals surface area contributed by atoms with Gasteiger partial charge in [0.2, 0.25) is 0 Å². The molecule has 2 aromatic rings. The van der Waals surface area contributed by atoms with Crippen LogP contribution in [0.4, 0.5) is 13.2 Å². The normalized spacial score (nSPS) is 12.5. The van der Waals surface area contributed by atoms with E-state index in [4.69, 9.17) is 11.6 Å². The minimum atomic E-state index is -0.980. The standard InChI is InChI=1S/C13H8ClF3/c14-13(8-4-2-1-3-5-8)12-10(16)6-9(15)7-11(12)17/h1-7,13H. The fraction of sp³-hybridized carbons (Fsp3) is 0.0769. The minimum Gasteiger partial charge on any atom is -0.207 e. The van der Waals surface area contributed by atoms with Crippen molar-refractivity contribution in [3.05, 3.63) is 71.0 Å². The molecule has 17 heavy (non-hydrogen) atoms. The predicted molar refractivity (Wildman–Crippen MR) is 60.5 cm³/mol. The Morgan fingerprint density at radius 3 is 1.94 bits per heavy atom. The summed E-state index contributed by atoms with van der Waals surface area (Å²) >= 11 is 5.99. The maximum absolute atomic E-state index is 13.5. The largest absolute Gasteiger partial charge is 0.207 e. The molecule has 0 aliphatic heterocycles. The van der Waals surface area contributed by atoms with Gasteiger partial charge >= 0.3 is 0 Å². The van der Waals surface area contributed by atoms with E-state index in [1.807, 2.05) is 0 Å². The van der Waals surface area contributed by atoms with Gasteiger partial charge in [-0.3, -0.25) is 0 Å². The molecule has 88 valence electrons. The van der Waals surface area contributed by atoms with E-state index in [1.54, 1.807) is 30.3 Å². The van der Waals surface area contributed by atoms with Gasteiger partial charge in [-0.25, -0.2) is 13.2 Å². The molecule has 0 aliphatic rings. The highest BCUT2D eigenvalue weighted by atomic mass is 35.5. The summed E-state index contributed by atoms with van der Waals surface area (Å²) in [7, 11) is 0. The lowest BCUT2D eigenvalue weighted by Gasteiger charge is -2.12. The molecule has 0 radical (unpaired) electrons. The quantitative estimate of drug-likeness (QED) is 0.697. The van der Waals surface area contributed by atoms with Gasteiger partial charge in [0.05, 0.1) is 5.38 Å². The van der Waals surface area contributed by atoms with Crippen LogP contribution in [-0.4, -0.2) is 0 Å². The van der Waals surface area contributed by atoms with Crippen LogP contribution in [0.5, 0.6) is 0 Å². The summed E-state index contributed by atoms with van der Waals surface area (Å²) in [5.41, 5.74) is 0.220. The molecule has 0 bridgehead atoms. The molecule has 1 atom stereocenters. The van der Waals surface area contributed by atoms with Crippen LogP contribution in [0.25, 0.3) is 0 Å². The summed E-state index contributed by atoms with van der Waals surface area (Å²) < 4.78 is 39.7. The molecule has 0 heterocycles. The summed E-state index contributed by atoms with van der Waals surface area (Å²) in [6, 6.07) is 9.74. The van der Waals surface area contributed by atoms with Crippen LogP contribution >= 0.6 is 11.6 Å². The molecule has 1 unspecified atom stereocenters. The Labute approximate surface area is 102 Å². The highest BCUT2D eigenvalue weighted by Gasteiger charge is 2.20. The fourth-order valence-corrected chi connectivity index (χ4v) is 1.94. The molecule has 0 aromatic heterocycles. The maximum Gasteiger partial charge on any atom is 0.134 e. The molecular formula is C13H8ClF3. The Hall–Kier alpha value is -1.48. The zero-order chi connectivity index (χ0) is 12.4. The molecule has 4 heteroatoms. The molecule has 0 saturated carbocycles. The van der Waals surface area contributed by atoms with Crippen LogP contribution in [0.3, 0.4) is 0 Å². The number of hydrogen-bond donors (Lipinski definition) is 0. The highest BCUT2D eigenvalue weighted by molar-refractivity contribution is 6.22. The van der Waals surface area contributed by atoms with E-state index in [0.717, 1.165) is 0 Å². The number of hydrogen-bond acceptors (Lipinski definition) is 0. The van der Waals surface area contributed by atoms with Gasteiger partial charge in [-0.15, -0.1) is 11.6 Å². The Morgan fingerprint density at radius 1 is 0.882 bits per heavy atom. The zero-order valence-electron chi connectivity index (χ0n) is 8.63. The van der Waals surface area contributed by atoms with E-state index in [1.165, 1.54) is 0 Å². The summed E-state index contributed by atoms with van der Waals surface area (Å²) in [4.78, 5) is 0. The van der Waals surface area contributed by atoms with Crippen LogP contribution in [0.15, 0.2) is 42.5 Å². The molecule has 0 spiro atoms. The van der Waals surface area contributed by atoms with Crippen molar-refractivity contribution < 1.29 is 13.2 Å². The first-order valence-corrected chi connectivity index (χ1v) is 5.36. The predicted octanol–water partition coefficient (Wildman–Crippen LogP) is 4.43. The smallest absolute Gasteiger partial charge is 0.134 e. The molecular weight excluding hydrogens is 249 g/mol. The average Bonchev–Trinajstić information content (AvgIpc) is 2.28. The van der Waals surface area contributed by atoms with Crippen molar-refractivity contribution in [1.29, 1.82) is 0 Å². The first-order chi connectivity index (χ1) is 8.09. The summed E-state index contributed by atoms with van der Waals surface area (Å²) in [5, 5.41) is -0.975. The van der Waals surface area contributed by atoms with Crippen molar-refractivity contribution >= 4 is 11.6 Å². The van der Waals surface area contributed by atoms with Crippen LogP contribution < -0.4 is 0 Å². The summed E-state index contributed by atoms with van der Waals surface area (Å²) in [6.45, 7) is 0. The molecule has 0 saturated heterocycles. The van der Waals surface area contributed by atoms with Crippen molar-refractivity contribution in [2.75, 3.05) is 0 Å². The fourth-order valence-electron chi connectivity index (χ4n) is 1.58. The topological polar surface area (TPSA) is 0 Å². The lowest BCUT2D eigenvalue weighted by molar-refractivity contribution is 0.526. The molecule has 0 nitrogen and oxygen atoms in total. The second-order valence-corrected chi connectivity index (χ2v) is 3.99. The van der Waals surface area contributed by atoms with Gasteiger partial charge < -0.3 is 0 Å². The van der Waals surface area contributed by atoms with Gasteiger partial charge in [-0.2, -0.15) is 0 Å². The molecule has 0 amide bonds. The van der Waals surface area contributed by atoms with Crippen LogP contribution in [-0.2, 0) is 0 Å². The van der Waals surface area contributed by atoms with Gasteiger partial charge in [0.1, 0.15) is 17.5 Å². The Bertz CT molecular complexity index is 502. The van der Waals surface area contributed by atoms with Gasteiger partial charge in [0, 0.05) is 17.7 Å². The lowest BCUT2D eigenvalue weighted by Crippen LogP contribution is -2.02. The van der Waals surface area contributed by atoms with E-state index in [9.17, 15) is 13.2 Å². The van der Waals surface area contributed by atoms with E-state index < -0.39 is 22.8 Å². The van der Waals surface area contributed by atoms with Crippen LogP contribution in [0.2, 0.25) is 0 Å². The van der Waals surface area contributed by atoms with Gasteiger partial charge in [-0.05, 0) is 5.56 Å². The minimum absolute atomic E-state index is 0.334. The van der Waals surface area contributed by atoms with E-state index in [0.29, 0.717) is 17.7 Å². The van der Waals surface area contributed by atoms with E-state index in [2.05, 4.69) is 0 Å². The second kappa shape index (κ2) is 4.80. The third kappa shape index (κ3) is 2.44. The summed E-state index contributed by atoms with van der Waals surface area (Å²) in [6.07, 6.45) is 0. The van der Waals surface area contributed by atoms with Crippen LogP contribution in [0.1, 0.15) is 16.5 Å². The van der Waals surface area contributed by atoms with Crippen molar-refractivity contribution in [2.45, 2.75) is 5.38 Å². The average molecular weight is 257 g/mol. The third-order valence-corrected chi connectivity index (χ3v) is 2.86. The van der Waals surface area contributed by atoms with Crippen molar-refractivity contribution in [1.82, 2.24) is 0 Å². The first-order valence-electron chi connectivity index (χ1n) is 4.93. The number of rotatable bonds is 2. The van der Waals surface area contributed by atoms with Gasteiger partial charge in [0.25, 0.3) is 0 Å². The molecule has 2 aromatic carbocycles. The van der Waals surface area contributed by atoms with Crippen molar-refractivity contribution in [2.24, 2.45) is 0 Å². The highest BCUT2D eigenvalue weighted by Crippen LogP contribution is 2.32. The third-order valence-electron chi connectivity index (χ3n) is 2.39. The Morgan fingerprint density at radius 2 is 1.41 bits per heavy atom. The maximum atomic E-state index is 13.5. The summed E-state index contributed by atoms with van der Waals surface area (Å²) in [5.74, 6) is -2.92. The SMILES string of the molecule is Fc1cc(F)c(C(Cl)c2ccccc2)c(F)c1. The number of benzene rings is 2. The second-order valence-electron chi connectivity index (χ2n) is 3.56. The van der Waals surface area contributed by atoms with Gasteiger partial charge in [-0.1, -0.05) is 30.3 Å². The zero-order valence-corrected chi connectivity index (χ0v) is 9.39. The molecule has 0 aliphatic carbocycles. The molecule has 0 fully saturated rings. The lowest BCUT2D eigenvalue weighted by atomic mass is 10.0. The Kier molecular flexibility index (Phi) is 3.38. The van der Waals surface area contributed by atoms with E-state index >= 15 is 0 Å². The number of alkyl halides is 1. The van der Waals surface area contributed by atoms with Crippen molar-refractivity contribution in [3.63, 3.8) is 0 Å². The van der Waals surface area contributed by atoms with Crippen molar-refractivity contribution in [3.8, 4) is 0 Å². The van der Waals surface area contributed by atoms with E-state index in [-0.39, 0.29) is 5.56 Å². The monoisotopic (exact) mass is 256 g/mol. The molecule has 2 rings (SSSR count). The van der Waals surface area contributed by atoms with Crippen LogP contribution in [0, 0.1) is 17.5 Å². The number of halogens is 4. The van der Waals surface area contributed by atoms with Gasteiger partial charge in [0.15, 0.2) is 0 Å².